The van der Waals surface area contributed by atoms with Crippen molar-refractivity contribution in [2.24, 2.45) is 0 Å². The van der Waals surface area contributed by atoms with Gasteiger partial charge in [-0.25, -0.2) is 4.98 Å². The van der Waals surface area contributed by atoms with Crippen LogP contribution in [-0.2, 0) is 0 Å². The molecule has 0 bridgehead atoms. The molecule has 156 valence electrons. The third kappa shape index (κ3) is 3.75. The third-order valence-electron chi connectivity index (χ3n) is 5.07. The van der Waals surface area contributed by atoms with Gasteiger partial charge in [0.1, 0.15) is 33.6 Å². The molecule has 7 heteroatoms. The number of halogens is 1. The van der Waals surface area contributed by atoms with Gasteiger partial charge in [0.15, 0.2) is 0 Å². The number of para-hydroxylation sites is 1. The molecule has 3 aromatic carbocycles. The highest BCUT2D eigenvalue weighted by Crippen LogP contribution is 2.36. The summed E-state index contributed by atoms with van der Waals surface area (Å²) in [5.74, 6) is 0.660. The Bertz CT molecular complexity index is 1510. The summed E-state index contributed by atoms with van der Waals surface area (Å²) < 4.78 is 12.6. The Morgan fingerprint density at radius 1 is 1.12 bits per heavy atom. The number of fused-ring (bicyclic) bond motifs is 3. The van der Waals surface area contributed by atoms with Gasteiger partial charge in [-0.15, -0.1) is 11.3 Å². The summed E-state index contributed by atoms with van der Waals surface area (Å²) >= 11 is 4.87. The van der Waals surface area contributed by atoms with Gasteiger partial charge in [0, 0.05) is 38.5 Å². The van der Waals surface area contributed by atoms with Gasteiger partial charge in [-0.1, -0.05) is 46.3 Å². The number of methoxy groups -OCH3 is 1. The van der Waals surface area contributed by atoms with Crippen molar-refractivity contribution in [3.63, 3.8) is 0 Å². The van der Waals surface area contributed by atoms with Gasteiger partial charge in [-0.2, -0.15) is 5.26 Å². The number of hydrogen-bond acceptors (Lipinski definition) is 6. The van der Waals surface area contributed by atoms with Crippen LogP contribution in [0.3, 0.4) is 0 Å². The van der Waals surface area contributed by atoms with Crippen molar-refractivity contribution in [2.45, 2.75) is 0 Å². The number of anilines is 1. The summed E-state index contributed by atoms with van der Waals surface area (Å²) in [6.07, 6.45) is 1.65. The zero-order valence-corrected chi connectivity index (χ0v) is 19.3. The highest BCUT2D eigenvalue weighted by Gasteiger charge is 2.13. The van der Waals surface area contributed by atoms with E-state index in [0.29, 0.717) is 22.0 Å². The van der Waals surface area contributed by atoms with Crippen molar-refractivity contribution in [1.82, 2.24) is 4.98 Å². The van der Waals surface area contributed by atoms with E-state index in [9.17, 15) is 5.26 Å². The van der Waals surface area contributed by atoms with E-state index in [1.165, 1.54) is 11.3 Å². The van der Waals surface area contributed by atoms with E-state index < -0.39 is 0 Å². The fourth-order valence-corrected chi connectivity index (χ4v) is 4.53. The number of ether oxygens (including phenoxy) is 1. The minimum absolute atomic E-state index is 0.435. The molecule has 5 aromatic rings. The van der Waals surface area contributed by atoms with Crippen molar-refractivity contribution in [3.8, 4) is 23.1 Å². The quantitative estimate of drug-likeness (QED) is 0.253. The second kappa shape index (κ2) is 8.50. The number of allylic oxidation sites excluding steroid dienone is 1. The van der Waals surface area contributed by atoms with Crippen molar-refractivity contribution >= 4 is 60.5 Å². The Balaban J connectivity index is 1.47. The van der Waals surface area contributed by atoms with E-state index in [2.05, 4.69) is 32.3 Å². The lowest BCUT2D eigenvalue weighted by atomic mass is 10.1. The smallest absolute Gasteiger partial charge is 0.143 e. The zero-order valence-electron chi connectivity index (χ0n) is 16.9. The van der Waals surface area contributed by atoms with Gasteiger partial charge in [-0.3, -0.25) is 0 Å². The standard InChI is InChI=1S/C25H16BrN3O2S/c1-30-24-10-19-18-4-2-3-5-22(18)31-23(19)11-20(24)28-13-16(12-27)25-29-21(14-32-25)15-6-8-17(26)9-7-15/h2-11,13-14,28H,1H3. The van der Waals surface area contributed by atoms with Crippen molar-refractivity contribution < 1.29 is 9.15 Å². The van der Waals surface area contributed by atoms with Gasteiger partial charge in [0.05, 0.1) is 18.5 Å². The second-order valence-electron chi connectivity index (χ2n) is 7.01. The molecule has 1 N–H and O–H groups in total. The molecule has 0 atom stereocenters. The number of nitriles is 1. The summed E-state index contributed by atoms with van der Waals surface area (Å²) in [5.41, 5.74) is 4.53. The maximum absolute atomic E-state index is 9.72. The first kappa shape index (κ1) is 20.3. The van der Waals surface area contributed by atoms with Crippen LogP contribution in [0.15, 0.2) is 81.1 Å². The first-order valence-electron chi connectivity index (χ1n) is 9.74. The molecule has 2 heterocycles. The Kier molecular flexibility index (Phi) is 5.39. The summed E-state index contributed by atoms with van der Waals surface area (Å²) in [4.78, 5) is 4.64. The lowest BCUT2D eigenvalue weighted by Crippen LogP contribution is -1.95. The Hall–Kier alpha value is -3.60. The molecule has 5 nitrogen and oxygen atoms in total. The van der Waals surface area contributed by atoms with Crippen LogP contribution in [0.4, 0.5) is 5.69 Å². The van der Waals surface area contributed by atoms with Crippen molar-refractivity contribution in [1.29, 1.82) is 5.26 Å². The number of rotatable bonds is 5. The Labute approximate surface area is 196 Å². The number of thiazole rings is 1. The lowest BCUT2D eigenvalue weighted by Gasteiger charge is -2.08. The minimum atomic E-state index is 0.435. The zero-order chi connectivity index (χ0) is 22.1. The molecular weight excluding hydrogens is 486 g/mol. The Morgan fingerprint density at radius 3 is 2.72 bits per heavy atom. The summed E-state index contributed by atoms with van der Waals surface area (Å²) in [7, 11) is 1.62. The maximum Gasteiger partial charge on any atom is 0.143 e. The molecule has 0 aliphatic heterocycles. The van der Waals surface area contributed by atoms with Gasteiger partial charge >= 0.3 is 0 Å². The van der Waals surface area contributed by atoms with Crippen LogP contribution in [0.2, 0.25) is 0 Å². The number of nitrogens with zero attached hydrogens (tertiary/aromatic N) is 2. The van der Waals surface area contributed by atoms with E-state index in [1.54, 1.807) is 13.3 Å². The molecule has 0 fully saturated rings. The van der Waals surface area contributed by atoms with E-state index >= 15 is 0 Å². The van der Waals surface area contributed by atoms with E-state index in [0.717, 1.165) is 37.7 Å². The number of furan rings is 1. The predicted molar refractivity (Wildman–Crippen MR) is 133 cm³/mol. The van der Waals surface area contributed by atoms with Crippen LogP contribution in [0.5, 0.6) is 5.75 Å². The molecule has 0 saturated carbocycles. The molecule has 0 saturated heterocycles. The van der Waals surface area contributed by atoms with E-state index in [-0.39, 0.29) is 0 Å². The molecule has 5 rings (SSSR count). The summed E-state index contributed by atoms with van der Waals surface area (Å²) in [6.45, 7) is 0. The highest BCUT2D eigenvalue weighted by molar-refractivity contribution is 9.10. The molecule has 0 unspecified atom stereocenters. The molecule has 32 heavy (non-hydrogen) atoms. The number of benzene rings is 3. The first-order valence-corrected chi connectivity index (χ1v) is 11.4. The first-order chi connectivity index (χ1) is 15.7. The van der Waals surface area contributed by atoms with Crippen LogP contribution in [-0.4, -0.2) is 12.1 Å². The number of aromatic nitrogens is 1. The number of nitrogens with one attached hydrogen (secondary N) is 1. The van der Waals surface area contributed by atoms with E-state index in [4.69, 9.17) is 9.15 Å². The fourth-order valence-electron chi connectivity index (χ4n) is 3.48. The topological polar surface area (TPSA) is 71.1 Å². The SMILES string of the molecule is COc1cc2c(cc1NC=C(C#N)c1nc(-c3ccc(Br)cc3)cs1)oc1ccccc12. The van der Waals surface area contributed by atoms with Gasteiger partial charge in [-0.05, 0) is 24.3 Å². The molecule has 0 amide bonds. The van der Waals surface area contributed by atoms with Gasteiger partial charge in [0.2, 0.25) is 0 Å². The van der Waals surface area contributed by atoms with Crippen LogP contribution in [0.25, 0.3) is 38.8 Å². The van der Waals surface area contributed by atoms with Crippen LogP contribution in [0, 0.1) is 11.3 Å². The van der Waals surface area contributed by atoms with Crippen LogP contribution in [0.1, 0.15) is 5.01 Å². The molecule has 0 aliphatic rings. The van der Waals surface area contributed by atoms with Crippen molar-refractivity contribution in [3.05, 3.63) is 81.7 Å². The minimum Gasteiger partial charge on any atom is -0.495 e. The molecular formula is C25H16BrN3O2S. The highest BCUT2D eigenvalue weighted by atomic mass is 79.9. The van der Waals surface area contributed by atoms with E-state index in [1.807, 2.05) is 66.0 Å². The van der Waals surface area contributed by atoms with Gasteiger partial charge in [0.25, 0.3) is 0 Å². The van der Waals surface area contributed by atoms with Crippen molar-refractivity contribution in [2.75, 3.05) is 12.4 Å². The molecule has 0 spiro atoms. The molecule has 0 radical (unpaired) electrons. The normalized spacial score (nSPS) is 11.6. The predicted octanol–water partition coefficient (Wildman–Crippen LogP) is 7.46. The average molecular weight is 502 g/mol. The molecule has 2 aromatic heterocycles. The lowest BCUT2D eigenvalue weighted by molar-refractivity contribution is 0.417. The Morgan fingerprint density at radius 2 is 1.94 bits per heavy atom. The second-order valence-corrected chi connectivity index (χ2v) is 8.78. The monoisotopic (exact) mass is 501 g/mol. The third-order valence-corrected chi connectivity index (χ3v) is 6.47. The summed E-state index contributed by atoms with van der Waals surface area (Å²) in [5, 5.41) is 17.5. The maximum atomic E-state index is 9.72. The van der Waals surface area contributed by atoms with Gasteiger partial charge < -0.3 is 14.5 Å². The summed E-state index contributed by atoms with van der Waals surface area (Å²) in [6, 6.07) is 21.9. The fraction of sp³-hybridized carbons (Fsp3) is 0.0400. The molecule has 0 aliphatic carbocycles. The number of hydrogen-bond donors (Lipinski definition) is 1. The van der Waals surface area contributed by atoms with Crippen LogP contribution < -0.4 is 10.1 Å². The van der Waals surface area contributed by atoms with Crippen LogP contribution >= 0.6 is 27.3 Å². The largest absolute Gasteiger partial charge is 0.495 e. The average Bonchev–Trinajstić information content (AvgIpc) is 3.44.